The minimum atomic E-state index is 0.684. The summed E-state index contributed by atoms with van der Waals surface area (Å²) >= 11 is 5.14. The smallest absolute Gasteiger partial charge is 0.224 e. The van der Waals surface area contributed by atoms with Crippen LogP contribution in [-0.4, -0.2) is 17.0 Å². The van der Waals surface area contributed by atoms with E-state index in [1.807, 2.05) is 7.05 Å². The molecular formula is C12H11N3S3. The van der Waals surface area contributed by atoms with Crippen molar-refractivity contribution in [1.82, 2.24) is 9.97 Å². The first-order valence-corrected chi connectivity index (χ1v) is 7.95. The molecule has 18 heavy (non-hydrogen) atoms. The average Bonchev–Trinajstić information content (AvgIpc) is 2.97. The van der Waals surface area contributed by atoms with Crippen molar-refractivity contribution < 1.29 is 0 Å². The highest BCUT2D eigenvalue weighted by Gasteiger charge is 2.11. The van der Waals surface area contributed by atoms with Crippen molar-refractivity contribution in [2.75, 3.05) is 12.4 Å². The molecule has 3 aromatic rings. The molecule has 0 spiro atoms. The lowest BCUT2D eigenvalue weighted by Crippen LogP contribution is -1.96. The fourth-order valence-electron chi connectivity index (χ4n) is 1.62. The molecule has 0 amide bonds. The van der Waals surface area contributed by atoms with Gasteiger partial charge < -0.3 is 5.32 Å². The van der Waals surface area contributed by atoms with Crippen LogP contribution < -0.4 is 5.32 Å². The van der Waals surface area contributed by atoms with Crippen molar-refractivity contribution >= 4 is 50.6 Å². The topological polar surface area (TPSA) is 37.8 Å². The Morgan fingerprint density at radius 1 is 1.33 bits per heavy atom. The van der Waals surface area contributed by atoms with Gasteiger partial charge in [-0.15, -0.1) is 22.7 Å². The van der Waals surface area contributed by atoms with Gasteiger partial charge in [-0.2, -0.15) is 0 Å². The van der Waals surface area contributed by atoms with Crippen molar-refractivity contribution in [1.29, 1.82) is 0 Å². The second-order valence-electron chi connectivity index (χ2n) is 3.71. The molecule has 3 nitrogen and oxygen atoms in total. The van der Waals surface area contributed by atoms with Gasteiger partial charge in [0, 0.05) is 17.3 Å². The van der Waals surface area contributed by atoms with Crippen molar-refractivity contribution in [3.63, 3.8) is 0 Å². The Kier molecular flexibility index (Phi) is 3.23. The molecule has 3 rings (SSSR count). The number of nitrogens with zero attached hydrogens (tertiary/aromatic N) is 2. The number of aromatic nitrogens is 2. The molecule has 0 aliphatic heterocycles. The number of nitrogens with one attached hydrogen (secondary N) is 1. The standard InChI is InChI=1S/C12H11N3S3/c1-7-6-8-10(17-7)14-12(13-2)15-11(8)18-9-4-3-5-16-9/h3-6H,1-2H3,(H,13,14,15). The molecule has 0 atom stereocenters. The fraction of sp³-hybridized carbons (Fsp3) is 0.167. The van der Waals surface area contributed by atoms with E-state index >= 15 is 0 Å². The summed E-state index contributed by atoms with van der Waals surface area (Å²) in [5.74, 6) is 0.684. The minimum Gasteiger partial charge on any atom is -0.357 e. The van der Waals surface area contributed by atoms with Gasteiger partial charge >= 0.3 is 0 Å². The van der Waals surface area contributed by atoms with Gasteiger partial charge in [0.25, 0.3) is 0 Å². The number of hydrogen-bond acceptors (Lipinski definition) is 6. The monoisotopic (exact) mass is 293 g/mol. The SMILES string of the molecule is CNc1nc(Sc2cccs2)c2cc(C)sc2n1. The molecule has 0 bridgehead atoms. The molecule has 3 aromatic heterocycles. The number of rotatable bonds is 3. The highest BCUT2D eigenvalue weighted by molar-refractivity contribution is 8.01. The molecule has 0 radical (unpaired) electrons. The van der Waals surface area contributed by atoms with E-state index < -0.39 is 0 Å². The molecule has 0 unspecified atom stereocenters. The summed E-state index contributed by atoms with van der Waals surface area (Å²) < 4.78 is 1.25. The van der Waals surface area contributed by atoms with Crippen LogP contribution >= 0.6 is 34.4 Å². The third-order valence-electron chi connectivity index (χ3n) is 2.40. The predicted molar refractivity (Wildman–Crippen MR) is 80.1 cm³/mol. The zero-order chi connectivity index (χ0) is 12.5. The highest BCUT2D eigenvalue weighted by Crippen LogP contribution is 2.37. The lowest BCUT2D eigenvalue weighted by atomic mass is 10.4. The molecule has 0 aliphatic rings. The van der Waals surface area contributed by atoms with Crippen LogP contribution in [0.1, 0.15) is 4.88 Å². The van der Waals surface area contributed by atoms with E-state index in [0.29, 0.717) is 5.95 Å². The Morgan fingerprint density at radius 2 is 2.22 bits per heavy atom. The van der Waals surface area contributed by atoms with Gasteiger partial charge in [0.1, 0.15) is 9.86 Å². The fourth-order valence-corrected chi connectivity index (χ4v) is 4.35. The van der Waals surface area contributed by atoms with Gasteiger partial charge in [-0.3, -0.25) is 0 Å². The quantitative estimate of drug-likeness (QED) is 0.732. The molecule has 0 fully saturated rings. The van der Waals surface area contributed by atoms with Crippen molar-refractivity contribution in [3.05, 3.63) is 28.5 Å². The number of fused-ring (bicyclic) bond motifs is 1. The van der Waals surface area contributed by atoms with Crippen molar-refractivity contribution in [2.45, 2.75) is 16.2 Å². The van der Waals surface area contributed by atoms with E-state index in [4.69, 9.17) is 0 Å². The van der Waals surface area contributed by atoms with Crippen LogP contribution in [0.5, 0.6) is 0 Å². The van der Waals surface area contributed by atoms with Crippen LogP contribution in [0.2, 0.25) is 0 Å². The molecule has 0 saturated heterocycles. The third-order valence-corrected chi connectivity index (χ3v) is 5.38. The van der Waals surface area contributed by atoms with Crippen LogP contribution in [0, 0.1) is 6.92 Å². The second kappa shape index (κ2) is 4.87. The number of thiophene rings is 2. The van der Waals surface area contributed by atoms with Gasteiger partial charge in [0.05, 0.1) is 4.21 Å². The maximum absolute atomic E-state index is 4.56. The number of anilines is 1. The van der Waals surface area contributed by atoms with Gasteiger partial charge in [0.15, 0.2) is 0 Å². The summed E-state index contributed by atoms with van der Waals surface area (Å²) in [6.45, 7) is 2.10. The molecular weight excluding hydrogens is 282 g/mol. The van der Waals surface area contributed by atoms with E-state index in [-0.39, 0.29) is 0 Å². The summed E-state index contributed by atoms with van der Waals surface area (Å²) in [6, 6.07) is 6.33. The summed E-state index contributed by atoms with van der Waals surface area (Å²) in [6.07, 6.45) is 0. The highest BCUT2D eigenvalue weighted by atomic mass is 32.2. The van der Waals surface area contributed by atoms with Crippen LogP contribution in [0.4, 0.5) is 5.95 Å². The van der Waals surface area contributed by atoms with Gasteiger partial charge in [-0.25, -0.2) is 9.97 Å². The maximum Gasteiger partial charge on any atom is 0.224 e. The van der Waals surface area contributed by atoms with E-state index in [2.05, 4.69) is 45.8 Å². The van der Waals surface area contributed by atoms with Crippen molar-refractivity contribution in [3.8, 4) is 0 Å². The Balaban J connectivity index is 2.13. The zero-order valence-corrected chi connectivity index (χ0v) is 12.4. The predicted octanol–water partition coefficient (Wildman–Crippen LogP) is 4.25. The minimum absolute atomic E-state index is 0.684. The number of hydrogen-bond donors (Lipinski definition) is 1. The first-order valence-electron chi connectivity index (χ1n) is 5.43. The van der Waals surface area contributed by atoms with E-state index in [1.54, 1.807) is 34.4 Å². The van der Waals surface area contributed by atoms with Crippen LogP contribution in [0.15, 0.2) is 32.8 Å². The van der Waals surface area contributed by atoms with E-state index in [1.165, 1.54) is 9.09 Å². The largest absolute Gasteiger partial charge is 0.357 e. The Labute approximate surface area is 117 Å². The first kappa shape index (κ1) is 12.0. The van der Waals surface area contributed by atoms with Crippen LogP contribution in [0.25, 0.3) is 10.2 Å². The van der Waals surface area contributed by atoms with E-state index in [0.717, 1.165) is 15.2 Å². The average molecular weight is 293 g/mol. The van der Waals surface area contributed by atoms with Crippen LogP contribution in [-0.2, 0) is 0 Å². The summed E-state index contributed by atoms with van der Waals surface area (Å²) in [5, 5.41) is 7.28. The maximum atomic E-state index is 4.56. The van der Waals surface area contributed by atoms with Crippen molar-refractivity contribution in [2.24, 2.45) is 0 Å². The lowest BCUT2D eigenvalue weighted by molar-refractivity contribution is 1.10. The molecule has 6 heteroatoms. The Hall–Kier alpha value is -1.11. The molecule has 0 saturated carbocycles. The Bertz CT molecular complexity index is 673. The zero-order valence-electron chi connectivity index (χ0n) is 9.93. The van der Waals surface area contributed by atoms with E-state index in [9.17, 15) is 0 Å². The lowest BCUT2D eigenvalue weighted by Gasteiger charge is -2.03. The third kappa shape index (κ3) is 2.23. The summed E-state index contributed by atoms with van der Waals surface area (Å²) in [4.78, 5) is 11.4. The Morgan fingerprint density at radius 3 is 2.94 bits per heavy atom. The first-order chi connectivity index (χ1) is 8.76. The van der Waals surface area contributed by atoms with Gasteiger partial charge in [-0.05, 0) is 24.4 Å². The second-order valence-corrected chi connectivity index (χ2v) is 7.18. The van der Waals surface area contributed by atoms with Gasteiger partial charge in [0.2, 0.25) is 5.95 Å². The molecule has 0 aliphatic carbocycles. The molecule has 1 N–H and O–H groups in total. The number of aryl methyl sites for hydroxylation is 1. The van der Waals surface area contributed by atoms with Crippen LogP contribution in [0.3, 0.4) is 0 Å². The summed E-state index contributed by atoms with van der Waals surface area (Å²) in [7, 11) is 1.85. The van der Waals surface area contributed by atoms with Gasteiger partial charge in [-0.1, -0.05) is 17.8 Å². The molecule has 3 heterocycles. The normalized spacial score (nSPS) is 11.0. The molecule has 0 aromatic carbocycles. The molecule has 92 valence electrons. The summed E-state index contributed by atoms with van der Waals surface area (Å²) in [5.41, 5.74) is 0.